The molecule has 0 aliphatic carbocycles. The summed E-state index contributed by atoms with van der Waals surface area (Å²) in [6.07, 6.45) is -3.17. The third kappa shape index (κ3) is 3.73. The zero-order valence-electron chi connectivity index (χ0n) is 13.4. The van der Waals surface area contributed by atoms with Crippen molar-refractivity contribution in [1.82, 2.24) is 9.55 Å². The average molecular weight is 389 g/mol. The standard InChI is InChI=1S/C17H10F3N5OS/c18-17(19,20)11-2-1-3-12(6-11)25-15(22)14(13(7-21)24-16(25)26)23-8-10-4-5-27-9-10/h1-6,8-9H,22H2. The second-order valence-electron chi connectivity index (χ2n) is 5.29. The second-order valence-corrected chi connectivity index (χ2v) is 6.07. The fraction of sp³-hybridized carbons (Fsp3) is 0.0588. The number of thiophene rings is 1. The van der Waals surface area contributed by atoms with Crippen LogP contribution in [0.1, 0.15) is 16.8 Å². The Kier molecular flexibility index (Phi) is 4.79. The van der Waals surface area contributed by atoms with Crippen LogP contribution in [0.5, 0.6) is 0 Å². The third-order valence-corrected chi connectivity index (χ3v) is 4.23. The summed E-state index contributed by atoms with van der Waals surface area (Å²) >= 11 is 1.43. The summed E-state index contributed by atoms with van der Waals surface area (Å²) in [5.74, 6) is -0.280. The number of rotatable bonds is 3. The lowest BCUT2D eigenvalue weighted by Crippen LogP contribution is -2.25. The highest BCUT2D eigenvalue weighted by Gasteiger charge is 2.31. The highest BCUT2D eigenvalue weighted by Crippen LogP contribution is 2.31. The Morgan fingerprint density at radius 1 is 1.33 bits per heavy atom. The Morgan fingerprint density at radius 3 is 2.74 bits per heavy atom. The average Bonchev–Trinajstić information content (AvgIpc) is 3.13. The summed E-state index contributed by atoms with van der Waals surface area (Å²) in [6.45, 7) is 0. The molecule has 0 aliphatic rings. The highest BCUT2D eigenvalue weighted by atomic mass is 32.1. The van der Waals surface area contributed by atoms with E-state index in [1.807, 2.05) is 5.38 Å². The number of nitrogens with two attached hydrogens (primary N) is 1. The van der Waals surface area contributed by atoms with Gasteiger partial charge in [-0.2, -0.15) is 34.8 Å². The first-order chi connectivity index (χ1) is 12.8. The number of alkyl halides is 3. The van der Waals surface area contributed by atoms with Crippen molar-refractivity contribution in [2.24, 2.45) is 4.99 Å². The highest BCUT2D eigenvalue weighted by molar-refractivity contribution is 7.08. The molecular weight excluding hydrogens is 379 g/mol. The van der Waals surface area contributed by atoms with Crippen LogP contribution in [0.4, 0.5) is 24.7 Å². The van der Waals surface area contributed by atoms with Crippen LogP contribution in [-0.4, -0.2) is 15.8 Å². The van der Waals surface area contributed by atoms with E-state index in [1.54, 1.807) is 17.5 Å². The van der Waals surface area contributed by atoms with E-state index in [2.05, 4.69) is 9.98 Å². The lowest BCUT2D eigenvalue weighted by molar-refractivity contribution is -0.137. The zero-order chi connectivity index (χ0) is 19.6. The molecule has 2 N–H and O–H groups in total. The Morgan fingerprint density at radius 2 is 2.11 bits per heavy atom. The quantitative estimate of drug-likeness (QED) is 0.693. The van der Waals surface area contributed by atoms with E-state index < -0.39 is 17.4 Å². The molecule has 0 saturated carbocycles. The van der Waals surface area contributed by atoms with Crippen LogP contribution in [-0.2, 0) is 6.18 Å². The van der Waals surface area contributed by atoms with E-state index >= 15 is 0 Å². The number of hydrogen-bond acceptors (Lipinski definition) is 6. The summed E-state index contributed by atoms with van der Waals surface area (Å²) in [7, 11) is 0. The van der Waals surface area contributed by atoms with Crippen LogP contribution in [0, 0.1) is 11.3 Å². The van der Waals surface area contributed by atoms with Crippen LogP contribution < -0.4 is 11.4 Å². The number of anilines is 1. The molecule has 0 amide bonds. The summed E-state index contributed by atoms with van der Waals surface area (Å²) < 4.78 is 39.7. The van der Waals surface area contributed by atoms with Crippen molar-refractivity contribution >= 4 is 29.1 Å². The largest absolute Gasteiger partial charge is 0.416 e. The molecular formula is C17H10F3N5OS. The number of aliphatic imine (C=N–C) groups is 1. The fourth-order valence-corrected chi connectivity index (χ4v) is 2.90. The molecule has 3 aromatic rings. The van der Waals surface area contributed by atoms with Gasteiger partial charge in [-0.25, -0.2) is 14.4 Å². The Hall–Kier alpha value is -3.45. The summed E-state index contributed by atoms with van der Waals surface area (Å²) in [5, 5.41) is 12.8. The summed E-state index contributed by atoms with van der Waals surface area (Å²) in [5.41, 5.74) is 4.25. The fourth-order valence-electron chi connectivity index (χ4n) is 2.29. The van der Waals surface area contributed by atoms with Crippen molar-refractivity contribution in [1.29, 1.82) is 5.26 Å². The van der Waals surface area contributed by atoms with Crippen molar-refractivity contribution in [3.63, 3.8) is 0 Å². The summed E-state index contributed by atoms with van der Waals surface area (Å²) in [4.78, 5) is 20.0. The Bertz CT molecular complexity index is 1110. The Labute approximate surface area is 154 Å². The van der Waals surface area contributed by atoms with Gasteiger partial charge in [-0.3, -0.25) is 0 Å². The van der Waals surface area contributed by atoms with Crippen molar-refractivity contribution in [3.8, 4) is 11.8 Å². The van der Waals surface area contributed by atoms with E-state index in [0.29, 0.717) is 0 Å². The Balaban J connectivity index is 2.19. The molecule has 10 heteroatoms. The van der Waals surface area contributed by atoms with Gasteiger partial charge in [0, 0.05) is 11.8 Å². The second kappa shape index (κ2) is 7.05. The van der Waals surface area contributed by atoms with E-state index in [0.717, 1.165) is 28.3 Å². The molecule has 6 nitrogen and oxygen atoms in total. The number of nitriles is 1. The monoisotopic (exact) mass is 389 g/mol. The molecule has 27 heavy (non-hydrogen) atoms. The van der Waals surface area contributed by atoms with Gasteiger partial charge in [-0.1, -0.05) is 6.07 Å². The predicted octanol–water partition coefficient (Wildman–Crippen LogP) is 3.52. The van der Waals surface area contributed by atoms with Gasteiger partial charge in [-0.15, -0.1) is 0 Å². The van der Waals surface area contributed by atoms with E-state index in [4.69, 9.17) is 5.73 Å². The minimum atomic E-state index is -4.59. The molecule has 0 fully saturated rings. The third-order valence-electron chi connectivity index (χ3n) is 3.53. The molecule has 0 atom stereocenters. The summed E-state index contributed by atoms with van der Waals surface area (Å²) in [6, 6.07) is 7.58. The molecule has 0 spiro atoms. The van der Waals surface area contributed by atoms with Gasteiger partial charge in [0.25, 0.3) is 0 Å². The molecule has 0 saturated heterocycles. The van der Waals surface area contributed by atoms with E-state index in [9.17, 15) is 23.2 Å². The van der Waals surface area contributed by atoms with Crippen LogP contribution in [0.2, 0.25) is 0 Å². The van der Waals surface area contributed by atoms with Gasteiger partial charge in [-0.05, 0) is 35.0 Å². The molecule has 2 aromatic heterocycles. The molecule has 0 aliphatic heterocycles. The van der Waals surface area contributed by atoms with Crippen LogP contribution in [0.3, 0.4) is 0 Å². The molecule has 2 heterocycles. The number of nitrogen functional groups attached to an aromatic ring is 1. The maximum Gasteiger partial charge on any atom is 0.416 e. The predicted molar refractivity (Wildman–Crippen MR) is 95.5 cm³/mol. The SMILES string of the molecule is N#Cc1nc(=O)n(-c2cccc(C(F)(F)F)c2)c(N)c1N=Cc1ccsc1. The molecule has 3 rings (SSSR count). The van der Waals surface area contributed by atoms with Gasteiger partial charge < -0.3 is 5.73 Å². The minimum absolute atomic E-state index is 0.0966. The normalized spacial score (nSPS) is 11.6. The van der Waals surface area contributed by atoms with Gasteiger partial charge in [0.1, 0.15) is 17.6 Å². The topological polar surface area (TPSA) is 97.1 Å². The van der Waals surface area contributed by atoms with Crippen LogP contribution in [0.15, 0.2) is 50.9 Å². The van der Waals surface area contributed by atoms with Crippen molar-refractivity contribution in [3.05, 3.63) is 68.4 Å². The smallest absolute Gasteiger partial charge is 0.383 e. The van der Waals surface area contributed by atoms with Crippen molar-refractivity contribution in [2.75, 3.05) is 5.73 Å². The first kappa shape index (κ1) is 18.3. The first-order valence-electron chi connectivity index (χ1n) is 7.38. The number of halogens is 3. The minimum Gasteiger partial charge on any atom is -0.383 e. The van der Waals surface area contributed by atoms with Crippen molar-refractivity contribution in [2.45, 2.75) is 6.18 Å². The van der Waals surface area contributed by atoms with E-state index in [-0.39, 0.29) is 22.9 Å². The molecule has 136 valence electrons. The molecule has 1 aromatic carbocycles. The van der Waals surface area contributed by atoms with E-state index in [1.165, 1.54) is 23.6 Å². The molecule has 0 radical (unpaired) electrons. The molecule has 0 bridgehead atoms. The van der Waals surface area contributed by atoms with Gasteiger partial charge >= 0.3 is 11.9 Å². The first-order valence-corrected chi connectivity index (χ1v) is 8.32. The number of benzene rings is 1. The maximum atomic E-state index is 13.0. The van der Waals surface area contributed by atoms with Gasteiger partial charge in [0.15, 0.2) is 5.69 Å². The molecule has 0 unspecified atom stereocenters. The van der Waals surface area contributed by atoms with Crippen LogP contribution in [0.25, 0.3) is 5.69 Å². The van der Waals surface area contributed by atoms with Gasteiger partial charge in [0.05, 0.1) is 11.3 Å². The zero-order valence-corrected chi connectivity index (χ0v) is 14.3. The lowest BCUT2D eigenvalue weighted by Gasteiger charge is -2.13. The number of aromatic nitrogens is 2. The number of hydrogen-bond donors (Lipinski definition) is 1. The number of nitrogens with zero attached hydrogens (tertiary/aromatic N) is 4. The lowest BCUT2D eigenvalue weighted by atomic mass is 10.2. The van der Waals surface area contributed by atoms with Gasteiger partial charge in [0.2, 0.25) is 0 Å². The van der Waals surface area contributed by atoms with Crippen LogP contribution >= 0.6 is 11.3 Å². The maximum absolute atomic E-state index is 13.0. The van der Waals surface area contributed by atoms with Crippen molar-refractivity contribution < 1.29 is 13.2 Å².